The molecule has 0 spiro atoms. The summed E-state index contributed by atoms with van der Waals surface area (Å²) in [7, 11) is 0. The fourth-order valence-electron chi connectivity index (χ4n) is 5.26. The molecular formula is C31H31N3O3. The minimum atomic E-state index is -0.725. The molecule has 37 heavy (non-hydrogen) atoms. The van der Waals surface area contributed by atoms with E-state index in [0.29, 0.717) is 18.8 Å². The highest BCUT2D eigenvalue weighted by Crippen LogP contribution is 2.40. The Balaban J connectivity index is 1.53. The van der Waals surface area contributed by atoms with E-state index in [9.17, 15) is 9.59 Å². The summed E-state index contributed by atoms with van der Waals surface area (Å²) in [5, 5.41) is 0. The minimum Gasteiger partial charge on any atom is -0.447 e. The zero-order valence-corrected chi connectivity index (χ0v) is 21.2. The van der Waals surface area contributed by atoms with Gasteiger partial charge in [-0.15, -0.1) is 0 Å². The molecule has 6 heteroatoms. The standard InChI is InChI=1S/C31H31N3O3/c1-23(2)28-21-37-30(36)34(28)19-18-29(35)27-20-33(22-32-27)31(24-12-6-3-7-13-24,25-14-8-4-9-15-25)26-16-10-5-11-17-26/h3-17,20,22-23,28H,18-19,21H2,1-2H3/t28-/m1/s1. The summed E-state index contributed by atoms with van der Waals surface area (Å²) < 4.78 is 7.26. The normalized spacial score (nSPS) is 15.7. The van der Waals surface area contributed by atoms with Gasteiger partial charge in [-0.25, -0.2) is 9.78 Å². The maximum Gasteiger partial charge on any atom is 0.410 e. The Morgan fingerprint density at radius 1 is 0.919 bits per heavy atom. The Bertz CT molecular complexity index is 1250. The highest BCUT2D eigenvalue weighted by atomic mass is 16.6. The average Bonchev–Trinajstić information content (AvgIpc) is 3.57. The van der Waals surface area contributed by atoms with Crippen LogP contribution in [0.25, 0.3) is 0 Å². The summed E-state index contributed by atoms with van der Waals surface area (Å²) in [6.45, 7) is 4.79. The quantitative estimate of drug-likeness (QED) is 0.219. The predicted octanol–water partition coefficient (Wildman–Crippen LogP) is 5.77. The van der Waals surface area contributed by atoms with Gasteiger partial charge in [0.05, 0.1) is 12.4 Å². The summed E-state index contributed by atoms with van der Waals surface area (Å²) >= 11 is 0. The van der Waals surface area contributed by atoms with Crippen molar-refractivity contribution in [3.05, 3.63) is 126 Å². The first-order valence-corrected chi connectivity index (χ1v) is 12.7. The van der Waals surface area contributed by atoms with E-state index in [1.807, 2.05) is 65.4 Å². The number of carbonyl (C=O) groups excluding carboxylic acids is 2. The fourth-order valence-corrected chi connectivity index (χ4v) is 5.26. The Morgan fingerprint density at radius 2 is 1.43 bits per heavy atom. The van der Waals surface area contributed by atoms with Gasteiger partial charge >= 0.3 is 6.09 Å². The first-order chi connectivity index (χ1) is 18.0. The second kappa shape index (κ2) is 10.4. The maximum absolute atomic E-state index is 13.3. The number of aromatic nitrogens is 2. The molecular weight excluding hydrogens is 462 g/mol. The molecule has 0 N–H and O–H groups in total. The Labute approximate surface area is 217 Å². The average molecular weight is 494 g/mol. The number of benzene rings is 3. The fraction of sp³-hybridized carbons (Fsp3) is 0.258. The van der Waals surface area contributed by atoms with Crippen molar-refractivity contribution in [3.8, 4) is 0 Å². The number of rotatable bonds is 9. The van der Waals surface area contributed by atoms with Crippen molar-refractivity contribution in [2.75, 3.05) is 13.2 Å². The minimum absolute atomic E-state index is 0.0141. The predicted molar refractivity (Wildman–Crippen MR) is 142 cm³/mol. The third-order valence-corrected chi connectivity index (χ3v) is 7.19. The molecule has 1 fully saturated rings. The molecule has 1 aromatic heterocycles. The van der Waals surface area contributed by atoms with Gasteiger partial charge in [-0.1, -0.05) is 105 Å². The summed E-state index contributed by atoms with van der Waals surface area (Å²) in [6, 6.07) is 30.8. The number of ketones is 1. The second-order valence-electron chi connectivity index (χ2n) is 9.73. The highest BCUT2D eigenvalue weighted by Gasteiger charge is 2.39. The van der Waals surface area contributed by atoms with Crippen LogP contribution in [0.4, 0.5) is 4.79 Å². The number of carbonyl (C=O) groups is 2. The van der Waals surface area contributed by atoms with Gasteiger partial charge in [0, 0.05) is 19.2 Å². The molecule has 0 bridgehead atoms. The SMILES string of the molecule is CC(C)[C@H]1COC(=O)N1CCC(=O)c1cn(C(c2ccccc2)(c2ccccc2)c2ccccc2)cn1. The molecule has 6 nitrogen and oxygen atoms in total. The Hall–Kier alpha value is -4.19. The van der Waals surface area contributed by atoms with E-state index in [1.54, 1.807) is 11.2 Å². The molecule has 0 saturated carbocycles. The molecule has 1 aliphatic rings. The van der Waals surface area contributed by atoms with Crippen LogP contribution in [0.5, 0.6) is 0 Å². The summed E-state index contributed by atoms with van der Waals surface area (Å²) in [4.78, 5) is 31.7. The first-order valence-electron chi connectivity index (χ1n) is 12.7. The van der Waals surface area contributed by atoms with Gasteiger partial charge < -0.3 is 14.2 Å². The van der Waals surface area contributed by atoms with Crippen LogP contribution in [0.15, 0.2) is 104 Å². The van der Waals surface area contributed by atoms with Crippen molar-refractivity contribution < 1.29 is 14.3 Å². The lowest BCUT2D eigenvalue weighted by molar-refractivity contribution is 0.0958. The zero-order chi connectivity index (χ0) is 25.8. The van der Waals surface area contributed by atoms with Gasteiger partial charge in [0.25, 0.3) is 0 Å². The van der Waals surface area contributed by atoms with Gasteiger partial charge in [-0.3, -0.25) is 4.79 Å². The van der Waals surface area contributed by atoms with Crippen LogP contribution in [-0.2, 0) is 10.3 Å². The highest BCUT2D eigenvalue weighted by molar-refractivity contribution is 5.94. The van der Waals surface area contributed by atoms with Crippen LogP contribution >= 0.6 is 0 Å². The van der Waals surface area contributed by atoms with Crippen LogP contribution in [0.1, 0.15) is 47.4 Å². The van der Waals surface area contributed by atoms with Gasteiger partial charge in [0.1, 0.15) is 17.8 Å². The largest absolute Gasteiger partial charge is 0.447 e. The van der Waals surface area contributed by atoms with Gasteiger partial charge in [0.2, 0.25) is 0 Å². The van der Waals surface area contributed by atoms with Crippen molar-refractivity contribution >= 4 is 11.9 Å². The molecule has 4 aromatic rings. The molecule has 0 aliphatic carbocycles. The summed E-state index contributed by atoms with van der Waals surface area (Å²) in [5.74, 6) is 0.146. The summed E-state index contributed by atoms with van der Waals surface area (Å²) in [5.41, 5.74) is 2.83. The van der Waals surface area contributed by atoms with E-state index < -0.39 is 5.54 Å². The molecule has 2 heterocycles. The van der Waals surface area contributed by atoms with Crippen molar-refractivity contribution in [1.82, 2.24) is 14.5 Å². The zero-order valence-electron chi connectivity index (χ0n) is 21.2. The number of cyclic esters (lactones) is 1. The second-order valence-corrected chi connectivity index (χ2v) is 9.73. The molecule has 1 atom stereocenters. The topological polar surface area (TPSA) is 64.4 Å². The van der Waals surface area contributed by atoms with E-state index in [-0.39, 0.29) is 30.3 Å². The summed E-state index contributed by atoms with van der Waals surface area (Å²) in [6.07, 6.45) is 3.40. The van der Waals surface area contributed by atoms with Gasteiger partial charge in [0.15, 0.2) is 5.78 Å². The van der Waals surface area contributed by atoms with E-state index in [4.69, 9.17) is 4.74 Å². The van der Waals surface area contributed by atoms with Crippen LogP contribution in [-0.4, -0.2) is 45.5 Å². The Morgan fingerprint density at radius 3 is 1.92 bits per heavy atom. The number of hydrogen-bond donors (Lipinski definition) is 0. The molecule has 0 unspecified atom stereocenters. The number of hydrogen-bond acceptors (Lipinski definition) is 4. The maximum atomic E-state index is 13.3. The van der Waals surface area contributed by atoms with Crippen molar-refractivity contribution in [3.63, 3.8) is 0 Å². The molecule has 188 valence electrons. The monoisotopic (exact) mass is 493 g/mol. The van der Waals surface area contributed by atoms with E-state index in [1.165, 1.54) is 0 Å². The van der Waals surface area contributed by atoms with Crippen molar-refractivity contribution in [2.45, 2.75) is 31.8 Å². The number of imidazole rings is 1. The Kier molecular flexibility index (Phi) is 6.91. The first kappa shape index (κ1) is 24.5. The molecule has 5 rings (SSSR count). The molecule has 1 amide bonds. The molecule has 1 saturated heterocycles. The van der Waals surface area contributed by atoms with Crippen LogP contribution in [0.2, 0.25) is 0 Å². The molecule has 3 aromatic carbocycles. The smallest absolute Gasteiger partial charge is 0.410 e. The lowest BCUT2D eigenvalue weighted by Gasteiger charge is -2.37. The third-order valence-electron chi connectivity index (χ3n) is 7.19. The molecule has 1 aliphatic heterocycles. The van der Waals surface area contributed by atoms with E-state index in [2.05, 4.69) is 55.2 Å². The van der Waals surface area contributed by atoms with Crippen LogP contribution in [0.3, 0.4) is 0 Å². The number of ether oxygens (including phenoxy) is 1. The van der Waals surface area contributed by atoms with Gasteiger partial charge in [-0.05, 0) is 22.6 Å². The molecule has 0 radical (unpaired) electrons. The van der Waals surface area contributed by atoms with Crippen molar-refractivity contribution in [1.29, 1.82) is 0 Å². The lowest BCUT2D eigenvalue weighted by atomic mass is 9.77. The van der Waals surface area contributed by atoms with E-state index >= 15 is 0 Å². The number of nitrogens with zero attached hydrogens (tertiary/aromatic N) is 3. The van der Waals surface area contributed by atoms with E-state index in [0.717, 1.165) is 16.7 Å². The van der Waals surface area contributed by atoms with Crippen molar-refractivity contribution in [2.24, 2.45) is 5.92 Å². The number of Topliss-reactive ketones (excluding diaryl/α,β-unsaturated/α-hetero) is 1. The number of amides is 1. The van der Waals surface area contributed by atoms with Crippen LogP contribution in [0, 0.1) is 5.92 Å². The van der Waals surface area contributed by atoms with Crippen LogP contribution < -0.4 is 0 Å². The lowest BCUT2D eigenvalue weighted by Crippen LogP contribution is -2.38. The third kappa shape index (κ3) is 4.55. The van der Waals surface area contributed by atoms with Gasteiger partial charge in [-0.2, -0.15) is 0 Å².